The van der Waals surface area contributed by atoms with E-state index >= 15 is 0 Å². The number of thioether (sulfide) groups is 1. The van der Waals surface area contributed by atoms with Crippen LogP contribution in [0, 0.1) is 6.92 Å². The highest BCUT2D eigenvalue weighted by Gasteiger charge is 2.19. The summed E-state index contributed by atoms with van der Waals surface area (Å²) in [7, 11) is 0. The summed E-state index contributed by atoms with van der Waals surface area (Å²) in [6, 6.07) is 38.5. The minimum absolute atomic E-state index is 0.830. The number of benzene rings is 6. The molecule has 0 bridgehead atoms. The summed E-state index contributed by atoms with van der Waals surface area (Å²) >= 11 is 7.00. The molecule has 0 fully saturated rings. The predicted molar refractivity (Wildman–Crippen MR) is 353 cm³/mol. The number of allylic oxidation sites excluding steroid dienone is 12. The fraction of sp³-hybridized carbons (Fsp3) is 0.270. The summed E-state index contributed by atoms with van der Waals surface area (Å²) in [4.78, 5) is 2.44. The Bertz CT molecular complexity index is 4020. The minimum Gasteiger partial charge on any atom is -0.461 e. The zero-order valence-electron chi connectivity index (χ0n) is 48.1. The van der Waals surface area contributed by atoms with Crippen LogP contribution >= 0.6 is 24.4 Å². The fourth-order valence-corrected chi connectivity index (χ4v) is 12.1. The first-order valence-electron chi connectivity index (χ1n) is 29.0. The van der Waals surface area contributed by atoms with Crippen molar-refractivity contribution >= 4 is 112 Å². The van der Waals surface area contributed by atoms with Gasteiger partial charge in [-0.2, -0.15) is 0 Å². The first-order chi connectivity index (χ1) is 39.0. The molecule has 0 unspecified atom stereocenters. The number of unbranched alkanes of at least 4 members (excludes halogenated alkanes) is 4. The van der Waals surface area contributed by atoms with E-state index in [1.165, 1.54) is 69.6 Å². The van der Waals surface area contributed by atoms with Crippen LogP contribution in [0.4, 0.5) is 0 Å². The van der Waals surface area contributed by atoms with Gasteiger partial charge in [-0.25, -0.2) is 0 Å². The van der Waals surface area contributed by atoms with Crippen LogP contribution in [0.25, 0.3) is 98.9 Å². The lowest BCUT2D eigenvalue weighted by Crippen LogP contribution is -1.94. The van der Waals surface area contributed by atoms with Crippen molar-refractivity contribution in [3.8, 4) is 11.1 Å². The van der Waals surface area contributed by atoms with Gasteiger partial charge in [-0.05, 0) is 159 Å². The van der Waals surface area contributed by atoms with E-state index in [1.807, 2.05) is 74.2 Å². The number of rotatable bonds is 23. The molecule has 10 aromatic rings. The van der Waals surface area contributed by atoms with E-state index in [1.54, 1.807) is 0 Å². The first kappa shape index (κ1) is 57.6. The summed E-state index contributed by atoms with van der Waals surface area (Å²) in [5, 5.41) is 7.81. The van der Waals surface area contributed by atoms with Gasteiger partial charge in [0.1, 0.15) is 44.8 Å². The topological polar surface area (TPSA) is 52.6 Å². The lowest BCUT2D eigenvalue weighted by molar-refractivity contribution is 0.576. The van der Waals surface area contributed by atoms with Crippen LogP contribution in [-0.4, -0.2) is 0 Å². The Labute approximate surface area is 483 Å². The van der Waals surface area contributed by atoms with E-state index in [2.05, 4.69) is 157 Å². The SMILES string of the molecule is C=C(CCCC)/C(CCCC)=C(/C)SCc1ccc2oc3cc4oc5ccc(-c6ccccc6)cc5c4cc3c2c1.C=C(CCCC)/C(CCCC)=C(\S)c1ccc2oc3cc4oc(C)c(/C=C/C=C/C=C\C=C/C)c4cc3c2c1. The Morgan fingerprint density at radius 3 is 1.61 bits per heavy atom. The summed E-state index contributed by atoms with van der Waals surface area (Å²) in [6.07, 6.45) is 30.0. The molecule has 0 spiro atoms. The van der Waals surface area contributed by atoms with Gasteiger partial charge in [0.25, 0.3) is 0 Å². The average molecular weight is 1100 g/mol. The molecular formula is C74H78O4S2. The van der Waals surface area contributed by atoms with Crippen molar-refractivity contribution in [3.63, 3.8) is 0 Å². The molecule has 0 aliphatic carbocycles. The Hall–Kier alpha value is -7.12. The lowest BCUT2D eigenvalue weighted by Gasteiger charge is -2.15. The molecule has 4 nitrogen and oxygen atoms in total. The third kappa shape index (κ3) is 13.2. The summed E-state index contributed by atoms with van der Waals surface area (Å²) in [5.74, 6) is 1.83. The number of hydrogen-bond donors (Lipinski definition) is 1. The van der Waals surface area contributed by atoms with Crippen LogP contribution in [0.15, 0.2) is 210 Å². The first-order valence-corrected chi connectivity index (χ1v) is 30.5. The highest BCUT2D eigenvalue weighted by molar-refractivity contribution is 8.02. The molecule has 10 rings (SSSR count). The van der Waals surface area contributed by atoms with Crippen molar-refractivity contribution < 1.29 is 17.7 Å². The van der Waals surface area contributed by atoms with Crippen molar-refractivity contribution in [2.45, 2.75) is 131 Å². The highest BCUT2D eigenvalue weighted by atomic mass is 32.2. The zero-order valence-corrected chi connectivity index (χ0v) is 49.8. The molecule has 6 aromatic carbocycles. The van der Waals surface area contributed by atoms with Gasteiger partial charge in [-0.3, -0.25) is 0 Å². The third-order valence-corrected chi connectivity index (χ3v) is 17.0. The number of hydrogen-bond acceptors (Lipinski definition) is 6. The van der Waals surface area contributed by atoms with E-state index < -0.39 is 0 Å². The molecule has 0 aliphatic heterocycles. The number of aryl methyl sites for hydroxylation is 1. The van der Waals surface area contributed by atoms with Crippen LogP contribution in [0.5, 0.6) is 0 Å². The Balaban J connectivity index is 0.000000194. The molecule has 80 heavy (non-hydrogen) atoms. The van der Waals surface area contributed by atoms with Crippen LogP contribution < -0.4 is 0 Å². The minimum atomic E-state index is 0.830. The molecule has 0 radical (unpaired) electrons. The molecule has 0 saturated heterocycles. The molecule has 410 valence electrons. The van der Waals surface area contributed by atoms with Crippen LogP contribution in [0.3, 0.4) is 0 Å². The van der Waals surface area contributed by atoms with E-state index in [0.29, 0.717) is 0 Å². The second-order valence-corrected chi connectivity index (χ2v) is 22.7. The standard InChI is InChI=1S/C38H38O2S.C36H40O2S/c1-5-7-12-25(3)30(15-8-6-2)26(4)41-24-27-16-18-35-31(20-27)33-22-34-32-21-29(28-13-10-9-11-14-28)17-19-36(32)40-38(34)23-37(33)39-35;1-6-9-12-13-14-15-16-19-29-26(5)37-34-24-35-32(23-31(29)34)30-22-27(20-21-33(30)38-35)36(39)28(18-11-8-3)25(4)17-10-7-2/h9-11,13-14,16-23H,3,5-8,12,15,24H2,1-2,4H3;6,9,12-16,19-24,39H,4,7-8,10-11,17-18H2,1-3,5H3/b30-26-;9-6-,13-12-,15-14+,19-16+,36-28-. The number of fused-ring (bicyclic) bond motifs is 10. The van der Waals surface area contributed by atoms with E-state index in [9.17, 15) is 0 Å². The lowest BCUT2D eigenvalue weighted by atomic mass is 9.94. The molecule has 0 aliphatic rings. The Morgan fingerprint density at radius 1 is 0.487 bits per heavy atom. The monoisotopic (exact) mass is 1090 g/mol. The van der Waals surface area contributed by atoms with Crippen LogP contribution in [0.1, 0.15) is 141 Å². The van der Waals surface area contributed by atoms with Gasteiger partial charge >= 0.3 is 0 Å². The summed E-state index contributed by atoms with van der Waals surface area (Å²) in [5.41, 5.74) is 17.3. The normalized spacial score (nSPS) is 13.0. The van der Waals surface area contributed by atoms with Crippen molar-refractivity contribution in [3.05, 3.63) is 215 Å². The van der Waals surface area contributed by atoms with E-state index in [4.69, 9.17) is 30.3 Å². The van der Waals surface area contributed by atoms with Gasteiger partial charge in [0.05, 0.1) is 0 Å². The predicted octanol–water partition coefficient (Wildman–Crippen LogP) is 24.5. The van der Waals surface area contributed by atoms with Gasteiger partial charge < -0.3 is 17.7 Å². The summed E-state index contributed by atoms with van der Waals surface area (Å²) < 4.78 is 24.9. The molecule has 4 aromatic heterocycles. The molecule has 4 heterocycles. The van der Waals surface area contributed by atoms with Crippen molar-refractivity contribution in [2.24, 2.45) is 0 Å². The number of furan rings is 4. The zero-order chi connectivity index (χ0) is 56.1. The van der Waals surface area contributed by atoms with E-state index in [-0.39, 0.29) is 0 Å². The van der Waals surface area contributed by atoms with Gasteiger partial charge in [0.2, 0.25) is 0 Å². The molecule has 6 heteroatoms. The van der Waals surface area contributed by atoms with Gasteiger partial charge in [-0.15, -0.1) is 24.4 Å². The average Bonchev–Trinajstić information content (AvgIpc) is 4.23. The number of thiol groups is 1. The largest absolute Gasteiger partial charge is 0.461 e. The van der Waals surface area contributed by atoms with Crippen LogP contribution in [0.2, 0.25) is 0 Å². The fourth-order valence-electron chi connectivity index (χ4n) is 10.7. The smallest absolute Gasteiger partial charge is 0.139 e. The highest BCUT2D eigenvalue weighted by Crippen LogP contribution is 2.42. The second kappa shape index (κ2) is 27.4. The van der Waals surface area contributed by atoms with Gasteiger partial charge in [-0.1, -0.05) is 175 Å². The van der Waals surface area contributed by atoms with Crippen molar-refractivity contribution in [2.75, 3.05) is 0 Å². The third-order valence-electron chi connectivity index (χ3n) is 15.3. The van der Waals surface area contributed by atoms with Gasteiger partial charge in [0.15, 0.2) is 0 Å². The second-order valence-electron chi connectivity index (χ2n) is 21.1. The molecular weight excluding hydrogens is 1020 g/mol. The maximum atomic E-state index is 6.29. The van der Waals surface area contributed by atoms with Crippen LogP contribution in [-0.2, 0) is 5.75 Å². The maximum Gasteiger partial charge on any atom is 0.139 e. The quantitative estimate of drug-likeness (QED) is 0.0511. The summed E-state index contributed by atoms with van der Waals surface area (Å²) in [6.45, 7) is 24.2. The van der Waals surface area contributed by atoms with E-state index in [0.717, 1.165) is 156 Å². The molecule has 0 N–H and O–H groups in total. The Morgan fingerprint density at radius 2 is 0.988 bits per heavy atom. The van der Waals surface area contributed by atoms with Crippen molar-refractivity contribution in [1.82, 2.24) is 0 Å². The molecule has 0 amide bonds. The van der Waals surface area contributed by atoms with Gasteiger partial charge in [0, 0.05) is 66.1 Å². The maximum absolute atomic E-state index is 6.29. The molecule has 0 atom stereocenters. The van der Waals surface area contributed by atoms with Crippen molar-refractivity contribution in [1.29, 1.82) is 0 Å². The Kier molecular flexibility index (Phi) is 19.7. The molecule has 0 saturated carbocycles.